The Hall–Kier alpha value is -8.48. The van der Waals surface area contributed by atoms with Crippen LogP contribution in [0.3, 0.4) is 0 Å². The lowest BCUT2D eigenvalue weighted by molar-refractivity contribution is 0.653. The fourth-order valence-corrected chi connectivity index (χ4v) is 10.9. The van der Waals surface area contributed by atoms with Gasteiger partial charge in [0, 0.05) is 59.7 Å². The average molecular weight is 790 g/mol. The van der Waals surface area contributed by atoms with E-state index >= 15 is 0 Å². The van der Waals surface area contributed by atoms with Gasteiger partial charge in [-0.25, -0.2) is 4.98 Å². The van der Waals surface area contributed by atoms with Crippen molar-refractivity contribution in [2.75, 3.05) is 0 Å². The monoisotopic (exact) mass is 789 g/mol. The van der Waals surface area contributed by atoms with Gasteiger partial charge in [0.1, 0.15) is 5.58 Å². The second-order valence-electron chi connectivity index (χ2n) is 16.5. The second kappa shape index (κ2) is 11.6. The summed E-state index contributed by atoms with van der Waals surface area (Å²) in [6.45, 7) is 0. The van der Waals surface area contributed by atoms with E-state index in [1.165, 1.54) is 70.4 Å². The van der Waals surface area contributed by atoms with Crippen molar-refractivity contribution in [2.45, 2.75) is 0 Å². The third kappa shape index (κ3) is 4.04. The minimum atomic E-state index is 0.554. The maximum atomic E-state index is 6.72. The average Bonchev–Trinajstić information content (AvgIpc) is 4.13. The summed E-state index contributed by atoms with van der Waals surface area (Å²) in [7, 11) is 0. The number of furan rings is 1. The van der Waals surface area contributed by atoms with E-state index < -0.39 is 0 Å². The standard InChI is InChI=1S/C56H31N5O/c1-2-15-34(16-3-1)59-42-22-10-6-18-36(42)38-28-26-33(30-46(38)59)54-57-55(51-40-21-9-13-25-48(40)62-56(51)58-54)61-45-29-27-32-14-4-5-17-35(32)49(45)52-47(61)31-41-37-19-7-11-23-43(37)60-44-24-12-8-20-39(44)50(52)53(41)60/h1-31H. The van der Waals surface area contributed by atoms with E-state index in [9.17, 15) is 0 Å². The largest absolute Gasteiger partial charge is 0.437 e. The molecule has 0 aliphatic carbocycles. The zero-order valence-electron chi connectivity index (χ0n) is 33.0. The lowest BCUT2D eigenvalue weighted by atomic mass is 9.99. The molecule has 6 aromatic heterocycles. The summed E-state index contributed by atoms with van der Waals surface area (Å²) >= 11 is 0. The van der Waals surface area contributed by atoms with Gasteiger partial charge < -0.3 is 13.4 Å². The summed E-state index contributed by atoms with van der Waals surface area (Å²) < 4.78 is 13.9. The van der Waals surface area contributed by atoms with Crippen LogP contribution < -0.4 is 0 Å². The van der Waals surface area contributed by atoms with Gasteiger partial charge >= 0.3 is 0 Å². The molecule has 62 heavy (non-hydrogen) atoms. The Bertz CT molecular complexity index is 4390. The summed E-state index contributed by atoms with van der Waals surface area (Å²) in [4.78, 5) is 11.0. The van der Waals surface area contributed by atoms with Crippen LogP contribution in [0, 0.1) is 0 Å². The summed E-state index contributed by atoms with van der Waals surface area (Å²) in [5.41, 5.74) is 11.4. The summed E-state index contributed by atoms with van der Waals surface area (Å²) in [6, 6.07) is 67.5. The molecule has 9 aromatic carbocycles. The van der Waals surface area contributed by atoms with Crippen LogP contribution in [0.4, 0.5) is 0 Å². The van der Waals surface area contributed by atoms with Gasteiger partial charge in [-0.1, -0.05) is 133 Å². The number of para-hydroxylation sites is 5. The van der Waals surface area contributed by atoms with Gasteiger partial charge in [-0.2, -0.15) is 4.98 Å². The zero-order chi connectivity index (χ0) is 40.2. The SMILES string of the molecule is c1ccc(-n2c3ccccc3c3ccc(-c4nc(-n5c6ccc7ccccc7c6c6c7c8ccccc8n8c9ccccc9c(cc65)c78)c5c(n4)oc4ccccc45)cc32)cc1. The molecule has 0 radical (unpaired) electrons. The van der Waals surface area contributed by atoms with Gasteiger partial charge in [-0.15, -0.1) is 0 Å². The predicted molar refractivity (Wildman–Crippen MR) is 256 cm³/mol. The molecular weight excluding hydrogens is 759 g/mol. The van der Waals surface area contributed by atoms with Crippen LogP contribution in [0.5, 0.6) is 0 Å². The van der Waals surface area contributed by atoms with E-state index in [0.29, 0.717) is 11.5 Å². The highest BCUT2D eigenvalue weighted by Gasteiger charge is 2.28. The predicted octanol–water partition coefficient (Wildman–Crippen LogP) is 14.5. The van der Waals surface area contributed by atoms with Crippen molar-refractivity contribution in [2.24, 2.45) is 0 Å². The fourth-order valence-electron chi connectivity index (χ4n) is 10.9. The smallest absolute Gasteiger partial charge is 0.233 e. The van der Waals surface area contributed by atoms with Crippen LogP contribution in [0.2, 0.25) is 0 Å². The first kappa shape index (κ1) is 32.4. The molecule has 6 nitrogen and oxygen atoms in total. The topological polar surface area (TPSA) is 53.2 Å². The van der Waals surface area contributed by atoms with Crippen molar-refractivity contribution in [3.63, 3.8) is 0 Å². The maximum Gasteiger partial charge on any atom is 0.233 e. The van der Waals surface area contributed by atoms with Crippen molar-refractivity contribution in [3.8, 4) is 22.9 Å². The van der Waals surface area contributed by atoms with Crippen LogP contribution in [-0.2, 0) is 0 Å². The summed E-state index contributed by atoms with van der Waals surface area (Å²) in [5, 5.41) is 14.0. The Balaban J connectivity index is 1.13. The van der Waals surface area contributed by atoms with Crippen molar-refractivity contribution in [1.82, 2.24) is 23.5 Å². The second-order valence-corrected chi connectivity index (χ2v) is 16.5. The fraction of sp³-hybridized carbons (Fsp3) is 0. The number of rotatable bonds is 3. The number of hydrogen-bond acceptors (Lipinski definition) is 3. The number of nitrogens with zero attached hydrogens (tertiary/aromatic N) is 5. The molecule has 6 heterocycles. The highest BCUT2D eigenvalue weighted by atomic mass is 16.3. The van der Waals surface area contributed by atoms with E-state index in [1.807, 2.05) is 12.1 Å². The first-order chi connectivity index (χ1) is 30.8. The molecule has 0 aliphatic heterocycles. The lowest BCUT2D eigenvalue weighted by Gasteiger charge is -2.12. The minimum absolute atomic E-state index is 0.554. The van der Waals surface area contributed by atoms with Crippen LogP contribution >= 0.6 is 0 Å². The van der Waals surface area contributed by atoms with Crippen LogP contribution in [0.1, 0.15) is 0 Å². The van der Waals surface area contributed by atoms with Crippen molar-refractivity contribution < 1.29 is 4.42 Å². The maximum absolute atomic E-state index is 6.72. The third-order valence-electron chi connectivity index (χ3n) is 13.4. The van der Waals surface area contributed by atoms with Crippen molar-refractivity contribution in [1.29, 1.82) is 0 Å². The first-order valence-corrected chi connectivity index (χ1v) is 21.1. The molecule has 0 fully saturated rings. The van der Waals surface area contributed by atoms with E-state index in [0.717, 1.165) is 55.5 Å². The van der Waals surface area contributed by atoms with E-state index in [4.69, 9.17) is 14.4 Å². The number of aromatic nitrogens is 5. The van der Waals surface area contributed by atoms with Gasteiger partial charge in [-0.05, 0) is 65.4 Å². The van der Waals surface area contributed by atoms with Gasteiger partial charge in [-0.3, -0.25) is 4.57 Å². The third-order valence-corrected chi connectivity index (χ3v) is 13.4. The summed E-state index contributed by atoms with van der Waals surface area (Å²) in [6.07, 6.45) is 0. The number of hydrogen-bond donors (Lipinski definition) is 0. The van der Waals surface area contributed by atoms with Crippen LogP contribution in [0.25, 0.3) is 137 Å². The molecule has 0 amide bonds. The molecule has 286 valence electrons. The molecule has 0 N–H and O–H groups in total. The van der Waals surface area contributed by atoms with Crippen molar-refractivity contribution in [3.05, 3.63) is 188 Å². The molecular formula is C56H31N5O. The van der Waals surface area contributed by atoms with Gasteiger partial charge in [0.25, 0.3) is 0 Å². The Morgan fingerprint density at radius 1 is 0.371 bits per heavy atom. The van der Waals surface area contributed by atoms with Crippen molar-refractivity contribution >= 4 is 115 Å². The van der Waals surface area contributed by atoms with E-state index in [1.54, 1.807) is 0 Å². The van der Waals surface area contributed by atoms with Gasteiger partial charge in [0.2, 0.25) is 5.71 Å². The van der Waals surface area contributed by atoms with Crippen LogP contribution in [-0.4, -0.2) is 23.5 Å². The highest BCUT2D eigenvalue weighted by molar-refractivity contribution is 6.38. The summed E-state index contributed by atoms with van der Waals surface area (Å²) in [5.74, 6) is 1.39. The highest BCUT2D eigenvalue weighted by Crippen LogP contribution is 2.49. The molecule has 0 bridgehead atoms. The normalized spacial score (nSPS) is 12.5. The zero-order valence-corrected chi connectivity index (χ0v) is 33.0. The molecule has 0 saturated carbocycles. The van der Waals surface area contributed by atoms with Gasteiger partial charge in [0.15, 0.2) is 11.6 Å². The Labute approximate surface area is 352 Å². The molecule has 0 aliphatic rings. The lowest BCUT2D eigenvalue weighted by Crippen LogP contribution is -2.02. The number of fused-ring (bicyclic) bond motifs is 18. The molecule has 0 saturated heterocycles. The molecule has 0 spiro atoms. The Kier molecular flexibility index (Phi) is 6.07. The molecule has 6 heteroatoms. The van der Waals surface area contributed by atoms with Gasteiger partial charge in [0.05, 0.1) is 44.0 Å². The quantitative estimate of drug-likeness (QED) is 0.179. The first-order valence-electron chi connectivity index (χ1n) is 21.1. The molecule has 0 unspecified atom stereocenters. The minimum Gasteiger partial charge on any atom is -0.437 e. The van der Waals surface area contributed by atoms with E-state index in [-0.39, 0.29) is 0 Å². The van der Waals surface area contributed by atoms with E-state index in [2.05, 4.69) is 189 Å². The number of benzene rings is 9. The molecule has 15 rings (SSSR count). The van der Waals surface area contributed by atoms with Crippen LogP contribution in [0.15, 0.2) is 192 Å². The Morgan fingerprint density at radius 3 is 1.87 bits per heavy atom. The molecule has 15 aromatic rings. The Morgan fingerprint density at radius 2 is 1.03 bits per heavy atom. The molecule has 0 atom stereocenters.